The minimum Gasteiger partial charge on any atom is -0.491 e. The van der Waals surface area contributed by atoms with E-state index in [1.54, 1.807) is 30.3 Å². The summed E-state index contributed by atoms with van der Waals surface area (Å²) in [6.07, 6.45) is 0.898. The van der Waals surface area contributed by atoms with Gasteiger partial charge in [-0.25, -0.2) is 4.39 Å². The molecule has 0 saturated carbocycles. The van der Waals surface area contributed by atoms with Gasteiger partial charge in [-0.3, -0.25) is 0 Å². The Hall–Kier alpha value is -1.75. The van der Waals surface area contributed by atoms with Gasteiger partial charge in [-0.05, 0) is 52.7 Å². The van der Waals surface area contributed by atoms with Crippen LogP contribution in [0.1, 0.15) is 13.3 Å². The van der Waals surface area contributed by atoms with Crippen molar-refractivity contribution in [1.29, 1.82) is 0 Å². The van der Waals surface area contributed by atoms with Gasteiger partial charge in [0.2, 0.25) is 0 Å². The number of ether oxygens (including phenoxy) is 2. The van der Waals surface area contributed by atoms with Gasteiger partial charge in [0.1, 0.15) is 23.1 Å². The number of benzene rings is 2. The van der Waals surface area contributed by atoms with Gasteiger partial charge in [-0.15, -0.1) is 0 Å². The molecule has 106 valence electrons. The van der Waals surface area contributed by atoms with Crippen molar-refractivity contribution in [2.45, 2.75) is 13.3 Å². The Labute approximate surface area is 125 Å². The minimum absolute atomic E-state index is 0.332. The molecule has 2 rings (SSSR count). The highest BCUT2D eigenvalue weighted by Gasteiger charge is 2.06. The van der Waals surface area contributed by atoms with Gasteiger partial charge in [-0.1, -0.05) is 6.92 Å². The van der Waals surface area contributed by atoms with Crippen LogP contribution in [-0.2, 0) is 0 Å². The summed E-state index contributed by atoms with van der Waals surface area (Å²) in [6, 6.07) is 9.65. The van der Waals surface area contributed by atoms with Crippen LogP contribution in [0.15, 0.2) is 40.9 Å². The van der Waals surface area contributed by atoms with Gasteiger partial charge >= 0.3 is 0 Å². The molecule has 0 aliphatic rings. The second-order valence-corrected chi connectivity index (χ2v) is 5.08. The third kappa shape index (κ3) is 3.63. The fraction of sp³-hybridized carbons (Fsp3) is 0.200. The summed E-state index contributed by atoms with van der Waals surface area (Å²) in [7, 11) is 0. The van der Waals surface area contributed by atoms with Crippen LogP contribution in [-0.4, -0.2) is 6.61 Å². The van der Waals surface area contributed by atoms with Crippen molar-refractivity contribution >= 4 is 21.6 Å². The van der Waals surface area contributed by atoms with Crippen molar-refractivity contribution in [3.8, 4) is 17.2 Å². The van der Waals surface area contributed by atoms with Gasteiger partial charge in [0.25, 0.3) is 0 Å². The first-order valence-corrected chi connectivity index (χ1v) is 7.04. The molecule has 20 heavy (non-hydrogen) atoms. The van der Waals surface area contributed by atoms with Crippen LogP contribution in [0.4, 0.5) is 10.1 Å². The summed E-state index contributed by atoms with van der Waals surface area (Å²) in [5.74, 6) is 1.38. The number of hydrogen-bond donors (Lipinski definition) is 1. The van der Waals surface area contributed by atoms with Gasteiger partial charge in [0.05, 0.1) is 16.8 Å². The molecule has 0 heterocycles. The van der Waals surface area contributed by atoms with E-state index in [0.29, 0.717) is 34.0 Å². The van der Waals surface area contributed by atoms with E-state index in [1.165, 1.54) is 6.07 Å². The van der Waals surface area contributed by atoms with E-state index >= 15 is 0 Å². The van der Waals surface area contributed by atoms with Crippen molar-refractivity contribution < 1.29 is 13.9 Å². The number of nitrogens with two attached hydrogens (primary N) is 1. The zero-order valence-corrected chi connectivity index (χ0v) is 12.6. The largest absolute Gasteiger partial charge is 0.491 e. The standard InChI is InChI=1S/C15H15BrFNO2/c1-2-7-19-15-9-11(4-6-14(15)18)20-10-3-5-13(17)12(16)8-10/h3-6,8-9H,2,7,18H2,1H3. The summed E-state index contributed by atoms with van der Waals surface area (Å²) in [5.41, 5.74) is 6.39. The molecule has 5 heteroatoms. The van der Waals surface area contributed by atoms with E-state index in [1.807, 2.05) is 6.92 Å². The molecule has 0 aromatic heterocycles. The van der Waals surface area contributed by atoms with E-state index in [9.17, 15) is 4.39 Å². The number of anilines is 1. The quantitative estimate of drug-likeness (QED) is 0.799. The SMILES string of the molecule is CCCOc1cc(Oc2ccc(F)c(Br)c2)ccc1N. The minimum atomic E-state index is -0.332. The number of hydrogen-bond acceptors (Lipinski definition) is 3. The Bertz CT molecular complexity index is 604. The maximum absolute atomic E-state index is 13.2. The third-order valence-electron chi connectivity index (χ3n) is 2.57. The highest BCUT2D eigenvalue weighted by molar-refractivity contribution is 9.10. The second kappa shape index (κ2) is 6.61. The van der Waals surface area contributed by atoms with E-state index < -0.39 is 0 Å². The summed E-state index contributed by atoms with van der Waals surface area (Å²) in [6.45, 7) is 2.61. The summed E-state index contributed by atoms with van der Waals surface area (Å²) in [5, 5.41) is 0. The molecule has 0 saturated heterocycles. The summed E-state index contributed by atoms with van der Waals surface area (Å²) < 4.78 is 24.7. The number of rotatable bonds is 5. The van der Waals surface area contributed by atoms with Gasteiger partial charge in [-0.2, -0.15) is 0 Å². The van der Waals surface area contributed by atoms with Crippen molar-refractivity contribution in [2.75, 3.05) is 12.3 Å². The van der Waals surface area contributed by atoms with Gasteiger partial charge in [0, 0.05) is 6.07 Å². The molecule has 2 aromatic carbocycles. The topological polar surface area (TPSA) is 44.5 Å². The number of nitrogen functional groups attached to an aromatic ring is 1. The molecule has 3 nitrogen and oxygen atoms in total. The van der Waals surface area contributed by atoms with Crippen molar-refractivity contribution in [1.82, 2.24) is 0 Å². The van der Waals surface area contributed by atoms with Crippen LogP contribution in [0.5, 0.6) is 17.2 Å². The van der Waals surface area contributed by atoms with Gasteiger partial charge < -0.3 is 15.2 Å². The molecule has 0 unspecified atom stereocenters. The molecule has 0 spiro atoms. The molecule has 0 radical (unpaired) electrons. The normalized spacial score (nSPS) is 10.3. The predicted molar refractivity (Wildman–Crippen MR) is 80.8 cm³/mol. The van der Waals surface area contributed by atoms with Crippen LogP contribution >= 0.6 is 15.9 Å². The first-order valence-electron chi connectivity index (χ1n) is 6.25. The average Bonchev–Trinajstić information content (AvgIpc) is 2.43. The highest BCUT2D eigenvalue weighted by atomic mass is 79.9. The fourth-order valence-corrected chi connectivity index (χ4v) is 1.95. The Kier molecular flexibility index (Phi) is 4.84. The van der Waals surface area contributed by atoms with E-state index in [2.05, 4.69) is 15.9 Å². The third-order valence-corrected chi connectivity index (χ3v) is 3.18. The van der Waals surface area contributed by atoms with E-state index in [-0.39, 0.29) is 5.82 Å². The molecular weight excluding hydrogens is 325 g/mol. The maximum atomic E-state index is 13.2. The smallest absolute Gasteiger partial charge is 0.145 e. The highest BCUT2D eigenvalue weighted by Crippen LogP contribution is 2.31. The lowest BCUT2D eigenvalue weighted by molar-refractivity contribution is 0.317. The lowest BCUT2D eigenvalue weighted by atomic mass is 10.2. The van der Waals surface area contributed by atoms with Crippen molar-refractivity contribution in [2.24, 2.45) is 0 Å². The van der Waals surface area contributed by atoms with Crippen molar-refractivity contribution in [3.63, 3.8) is 0 Å². The molecule has 2 N–H and O–H groups in total. The van der Waals surface area contributed by atoms with Gasteiger partial charge in [0.15, 0.2) is 0 Å². The zero-order valence-electron chi connectivity index (χ0n) is 11.0. The second-order valence-electron chi connectivity index (χ2n) is 4.23. The Morgan fingerprint density at radius 3 is 2.55 bits per heavy atom. The summed E-state index contributed by atoms with van der Waals surface area (Å²) >= 11 is 3.12. The average molecular weight is 340 g/mol. The molecule has 0 fully saturated rings. The monoisotopic (exact) mass is 339 g/mol. The lowest BCUT2D eigenvalue weighted by Crippen LogP contribution is -1.99. The molecular formula is C15H15BrFNO2. The Morgan fingerprint density at radius 2 is 1.85 bits per heavy atom. The van der Waals surface area contributed by atoms with Crippen LogP contribution < -0.4 is 15.2 Å². The molecule has 0 amide bonds. The van der Waals surface area contributed by atoms with Crippen molar-refractivity contribution in [3.05, 3.63) is 46.7 Å². The predicted octanol–water partition coefficient (Wildman–Crippen LogP) is 4.75. The van der Waals surface area contributed by atoms with Crippen LogP contribution in [0, 0.1) is 5.82 Å². The fourth-order valence-electron chi connectivity index (χ4n) is 1.59. The molecule has 2 aromatic rings. The van der Waals surface area contributed by atoms with Crippen LogP contribution in [0.25, 0.3) is 0 Å². The lowest BCUT2D eigenvalue weighted by Gasteiger charge is -2.11. The van der Waals surface area contributed by atoms with E-state index in [0.717, 1.165) is 6.42 Å². The molecule has 0 bridgehead atoms. The van der Waals surface area contributed by atoms with E-state index in [4.69, 9.17) is 15.2 Å². The molecule has 0 atom stereocenters. The summed E-state index contributed by atoms with van der Waals surface area (Å²) in [4.78, 5) is 0. The van der Waals surface area contributed by atoms with Crippen LogP contribution in [0.3, 0.4) is 0 Å². The zero-order chi connectivity index (χ0) is 14.5. The Morgan fingerprint density at radius 1 is 1.15 bits per heavy atom. The molecule has 0 aliphatic heterocycles. The Balaban J connectivity index is 2.18. The first kappa shape index (κ1) is 14.7. The first-order chi connectivity index (χ1) is 9.60. The van der Waals surface area contributed by atoms with Crippen LogP contribution in [0.2, 0.25) is 0 Å². The molecule has 0 aliphatic carbocycles. The maximum Gasteiger partial charge on any atom is 0.145 e. The number of halogens is 2.